The van der Waals surface area contributed by atoms with Gasteiger partial charge in [-0.05, 0) is 43.5 Å². The van der Waals surface area contributed by atoms with Crippen LogP contribution in [0.2, 0.25) is 0 Å². The highest BCUT2D eigenvalue weighted by Gasteiger charge is 2.00. The maximum absolute atomic E-state index is 4.59. The van der Waals surface area contributed by atoms with E-state index in [1.165, 1.54) is 11.1 Å². The van der Waals surface area contributed by atoms with Gasteiger partial charge in [0.25, 0.3) is 0 Å². The summed E-state index contributed by atoms with van der Waals surface area (Å²) < 4.78 is 1.11. The van der Waals surface area contributed by atoms with Crippen LogP contribution in [-0.2, 0) is 6.54 Å². The molecular formula is C14H23BrIN3. The molecule has 0 fully saturated rings. The van der Waals surface area contributed by atoms with Crippen molar-refractivity contribution in [2.75, 3.05) is 13.1 Å². The summed E-state index contributed by atoms with van der Waals surface area (Å²) in [5, 5.41) is 6.55. The fourth-order valence-electron chi connectivity index (χ4n) is 1.59. The number of aryl methyl sites for hydroxylation is 1. The van der Waals surface area contributed by atoms with Crippen molar-refractivity contribution in [1.82, 2.24) is 10.6 Å². The maximum Gasteiger partial charge on any atom is 0.191 e. The molecule has 0 unspecified atom stereocenters. The van der Waals surface area contributed by atoms with Crippen molar-refractivity contribution in [3.63, 3.8) is 0 Å². The fourth-order valence-corrected chi connectivity index (χ4v) is 2.06. The molecule has 0 aliphatic rings. The Bertz CT molecular complexity index is 408. The van der Waals surface area contributed by atoms with Crippen LogP contribution in [0.3, 0.4) is 0 Å². The quantitative estimate of drug-likeness (QED) is 0.415. The molecule has 2 N–H and O–H groups in total. The van der Waals surface area contributed by atoms with Gasteiger partial charge in [0.15, 0.2) is 5.96 Å². The summed E-state index contributed by atoms with van der Waals surface area (Å²) in [6, 6.07) is 6.30. The minimum Gasteiger partial charge on any atom is -0.357 e. The van der Waals surface area contributed by atoms with Crippen LogP contribution in [0.15, 0.2) is 27.7 Å². The molecule has 19 heavy (non-hydrogen) atoms. The number of benzene rings is 1. The van der Waals surface area contributed by atoms with Gasteiger partial charge in [-0.25, -0.2) is 4.99 Å². The third-order valence-corrected chi connectivity index (χ3v) is 3.09. The van der Waals surface area contributed by atoms with Crippen LogP contribution < -0.4 is 10.6 Å². The molecule has 0 saturated carbocycles. The van der Waals surface area contributed by atoms with Crippen LogP contribution in [0.5, 0.6) is 0 Å². The minimum atomic E-state index is 0. The van der Waals surface area contributed by atoms with E-state index in [2.05, 4.69) is 70.5 Å². The second kappa shape index (κ2) is 10.5. The Kier molecular flexibility index (Phi) is 10.3. The minimum absolute atomic E-state index is 0. The Morgan fingerprint density at radius 1 is 1.26 bits per heavy atom. The molecule has 0 radical (unpaired) electrons. The molecule has 0 saturated heterocycles. The monoisotopic (exact) mass is 439 g/mol. The van der Waals surface area contributed by atoms with Crippen LogP contribution in [0.1, 0.15) is 31.4 Å². The van der Waals surface area contributed by atoms with E-state index in [1.54, 1.807) is 0 Å². The molecule has 5 heteroatoms. The molecule has 0 atom stereocenters. The van der Waals surface area contributed by atoms with Crippen molar-refractivity contribution in [2.24, 2.45) is 4.99 Å². The molecule has 0 aromatic heterocycles. The van der Waals surface area contributed by atoms with E-state index in [1.807, 2.05) is 0 Å². The van der Waals surface area contributed by atoms with E-state index in [4.69, 9.17) is 0 Å². The predicted octanol–water partition coefficient (Wildman–Crippen LogP) is 3.84. The Morgan fingerprint density at radius 3 is 2.58 bits per heavy atom. The first-order valence-electron chi connectivity index (χ1n) is 6.44. The van der Waals surface area contributed by atoms with Gasteiger partial charge in [0.2, 0.25) is 0 Å². The Labute approximate surface area is 141 Å². The standard InChI is InChI=1S/C14H22BrN3.HI/c1-4-8-17-14(16-5-2)18-10-12-6-7-13(15)9-11(12)3;/h6-7,9H,4-5,8,10H2,1-3H3,(H2,16,17,18);1H. The smallest absolute Gasteiger partial charge is 0.191 e. The topological polar surface area (TPSA) is 36.4 Å². The predicted molar refractivity (Wildman–Crippen MR) is 97.4 cm³/mol. The van der Waals surface area contributed by atoms with Gasteiger partial charge in [-0.3, -0.25) is 0 Å². The lowest BCUT2D eigenvalue weighted by molar-refractivity contribution is 0.785. The van der Waals surface area contributed by atoms with E-state index < -0.39 is 0 Å². The zero-order chi connectivity index (χ0) is 13.4. The van der Waals surface area contributed by atoms with E-state index >= 15 is 0 Å². The van der Waals surface area contributed by atoms with Gasteiger partial charge in [0, 0.05) is 17.6 Å². The summed E-state index contributed by atoms with van der Waals surface area (Å²) >= 11 is 3.47. The van der Waals surface area contributed by atoms with Gasteiger partial charge < -0.3 is 10.6 Å². The van der Waals surface area contributed by atoms with Crippen molar-refractivity contribution in [3.8, 4) is 0 Å². The Balaban J connectivity index is 0.00000324. The third-order valence-electron chi connectivity index (χ3n) is 2.60. The van der Waals surface area contributed by atoms with Crippen LogP contribution >= 0.6 is 39.9 Å². The first kappa shape index (κ1) is 18.7. The number of hydrogen-bond acceptors (Lipinski definition) is 1. The normalized spacial score (nSPS) is 10.8. The third kappa shape index (κ3) is 7.15. The molecule has 0 bridgehead atoms. The number of nitrogens with one attached hydrogen (secondary N) is 2. The van der Waals surface area contributed by atoms with Crippen LogP contribution in [0.4, 0.5) is 0 Å². The van der Waals surface area contributed by atoms with Crippen molar-refractivity contribution in [3.05, 3.63) is 33.8 Å². The van der Waals surface area contributed by atoms with Crippen molar-refractivity contribution >= 4 is 45.9 Å². The second-order valence-electron chi connectivity index (χ2n) is 4.19. The Hall–Kier alpha value is -0.300. The zero-order valence-electron chi connectivity index (χ0n) is 11.8. The number of guanidine groups is 1. The average molecular weight is 440 g/mol. The summed E-state index contributed by atoms with van der Waals surface area (Å²) in [4.78, 5) is 4.59. The van der Waals surface area contributed by atoms with E-state index in [0.29, 0.717) is 6.54 Å². The van der Waals surface area contributed by atoms with Gasteiger partial charge in [-0.2, -0.15) is 0 Å². The van der Waals surface area contributed by atoms with E-state index in [0.717, 1.165) is 29.9 Å². The van der Waals surface area contributed by atoms with Gasteiger partial charge in [-0.15, -0.1) is 24.0 Å². The highest BCUT2D eigenvalue weighted by Crippen LogP contribution is 2.16. The lowest BCUT2D eigenvalue weighted by Gasteiger charge is -2.11. The van der Waals surface area contributed by atoms with Crippen LogP contribution in [0, 0.1) is 6.92 Å². The van der Waals surface area contributed by atoms with Crippen LogP contribution in [-0.4, -0.2) is 19.0 Å². The summed E-state index contributed by atoms with van der Waals surface area (Å²) in [7, 11) is 0. The Morgan fingerprint density at radius 2 is 2.00 bits per heavy atom. The lowest BCUT2D eigenvalue weighted by Crippen LogP contribution is -2.37. The molecular weight excluding hydrogens is 417 g/mol. The number of rotatable bonds is 5. The van der Waals surface area contributed by atoms with Crippen molar-refractivity contribution in [2.45, 2.75) is 33.7 Å². The molecule has 0 aliphatic carbocycles. The molecule has 108 valence electrons. The first-order valence-corrected chi connectivity index (χ1v) is 7.23. The van der Waals surface area contributed by atoms with Gasteiger partial charge in [0.05, 0.1) is 6.54 Å². The summed E-state index contributed by atoms with van der Waals surface area (Å²) in [6.45, 7) is 8.88. The molecule has 0 heterocycles. The molecule has 1 rings (SSSR count). The molecule has 0 spiro atoms. The van der Waals surface area contributed by atoms with Crippen LogP contribution in [0.25, 0.3) is 0 Å². The van der Waals surface area contributed by atoms with Gasteiger partial charge >= 0.3 is 0 Å². The average Bonchev–Trinajstić information content (AvgIpc) is 2.34. The summed E-state index contributed by atoms with van der Waals surface area (Å²) in [5.41, 5.74) is 2.52. The highest BCUT2D eigenvalue weighted by atomic mass is 127. The number of aliphatic imine (C=N–C) groups is 1. The van der Waals surface area contributed by atoms with Crippen molar-refractivity contribution < 1.29 is 0 Å². The maximum atomic E-state index is 4.59. The largest absolute Gasteiger partial charge is 0.357 e. The number of nitrogens with zero attached hydrogens (tertiary/aromatic N) is 1. The molecule has 1 aromatic rings. The lowest BCUT2D eigenvalue weighted by atomic mass is 10.1. The number of halogens is 2. The SMILES string of the molecule is CCCNC(=NCc1ccc(Br)cc1C)NCC.I. The summed E-state index contributed by atoms with van der Waals surface area (Å²) in [6.07, 6.45) is 1.10. The fraction of sp³-hybridized carbons (Fsp3) is 0.500. The molecule has 0 amide bonds. The molecule has 0 aliphatic heterocycles. The van der Waals surface area contributed by atoms with Gasteiger partial charge in [-0.1, -0.05) is 28.9 Å². The second-order valence-corrected chi connectivity index (χ2v) is 5.11. The van der Waals surface area contributed by atoms with Crippen molar-refractivity contribution in [1.29, 1.82) is 0 Å². The number of hydrogen-bond donors (Lipinski definition) is 2. The zero-order valence-corrected chi connectivity index (χ0v) is 15.7. The van der Waals surface area contributed by atoms with E-state index in [9.17, 15) is 0 Å². The molecule has 3 nitrogen and oxygen atoms in total. The van der Waals surface area contributed by atoms with Gasteiger partial charge in [0.1, 0.15) is 0 Å². The summed E-state index contributed by atoms with van der Waals surface area (Å²) in [5.74, 6) is 0.890. The molecule has 1 aromatic carbocycles. The first-order chi connectivity index (χ1) is 8.67. The van der Waals surface area contributed by atoms with E-state index in [-0.39, 0.29) is 24.0 Å². The highest BCUT2D eigenvalue weighted by molar-refractivity contribution is 14.0.